The highest BCUT2D eigenvalue weighted by atomic mass is 16.5. The standard InChI is InChI=1S/C20H27N3O3/c1-4-5-6-11-21-16-8-9-17(22-14-16)20(24)23-13-15-7-10-18(25-2)19(12-15)26-3/h7-10,12,14,21H,4-6,11,13H2,1-3H3,(H,23,24). The summed E-state index contributed by atoms with van der Waals surface area (Å²) in [6.07, 6.45) is 5.22. The predicted octanol–water partition coefficient (Wildman–Crippen LogP) is 3.63. The van der Waals surface area contributed by atoms with Gasteiger partial charge in [-0.25, -0.2) is 4.98 Å². The van der Waals surface area contributed by atoms with Crippen molar-refractivity contribution in [3.63, 3.8) is 0 Å². The van der Waals surface area contributed by atoms with E-state index in [9.17, 15) is 4.79 Å². The van der Waals surface area contributed by atoms with E-state index in [-0.39, 0.29) is 5.91 Å². The van der Waals surface area contributed by atoms with Crippen molar-refractivity contribution in [2.75, 3.05) is 26.1 Å². The Morgan fingerprint density at radius 2 is 1.88 bits per heavy atom. The molecule has 140 valence electrons. The lowest BCUT2D eigenvalue weighted by Crippen LogP contribution is -2.23. The number of carbonyl (C=O) groups is 1. The zero-order chi connectivity index (χ0) is 18.8. The van der Waals surface area contributed by atoms with Gasteiger partial charge in [0.25, 0.3) is 5.91 Å². The molecule has 0 aliphatic rings. The van der Waals surface area contributed by atoms with Crippen molar-refractivity contribution in [1.29, 1.82) is 0 Å². The maximum absolute atomic E-state index is 12.3. The van der Waals surface area contributed by atoms with Gasteiger partial charge in [0.05, 0.1) is 26.1 Å². The molecule has 0 saturated carbocycles. The second kappa shape index (κ2) is 10.3. The fourth-order valence-electron chi connectivity index (χ4n) is 2.50. The van der Waals surface area contributed by atoms with Crippen molar-refractivity contribution in [2.24, 2.45) is 0 Å². The summed E-state index contributed by atoms with van der Waals surface area (Å²) < 4.78 is 10.5. The van der Waals surface area contributed by atoms with Gasteiger partial charge in [0.15, 0.2) is 11.5 Å². The van der Waals surface area contributed by atoms with Crippen molar-refractivity contribution in [2.45, 2.75) is 32.7 Å². The molecule has 0 atom stereocenters. The number of hydrogen-bond acceptors (Lipinski definition) is 5. The van der Waals surface area contributed by atoms with Crippen molar-refractivity contribution in [1.82, 2.24) is 10.3 Å². The third kappa shape index (κ3) is 5.65. The number of anilines is 1. The van der Waals surface area contributed by atoms with Gasteiger partial charge in [-0.1, -0.05) is 25.8 Å². The molecule has 0 saturated heterocycles. The number of benzene rings is 1. The Hall–Kier alpha value is -2.76. The van der Waals surface area contributed by atoms with Gasteiger partial charge in [0.2, 0.25) is 0 Å². The Bertz CT molecular complexity index is 702. The summed E-state index contributed by atoms with van der Waals surface area (Å²) >= 11 is 0. The minimum absolute atomic E-state index is 0.211. The molecule has 0 spiro atoms. The van der Waals surface area contributed by atoms with E-state index in [1.54, 1.807) is 26.5 Å². The van der Waals surface area contributed by atoms with Crippen molar-refractivity contribution >= 4 is 11.6 Å². The molecule has 6 nitrogen and oxygen atoms in total. The first-order valence-electron chi connectivity index (χ1n) is 8.87. The van der Waals surface area contributed by atoms with Crippen LogP contribution in [0.15, 0.2) is 36.5 Å². The van der Waals surface area contributed by atoms with E-state index in [1.165, 1.54) is 12.8 Å². The Labute approximate surface area is 154 Å². The molecule has 0 aliphatic carbocycles. The summed E-state index contributed by atoms with van der Waals surface area (Å²) in [7, 11) is 3.18. The van der Waals surface area contributed by atoms with Crippen molar-refractivity contribution < 1.29 is 14.3 Å². The molecule has 1 amide bonds. The number of unbranched alkanes of at least 4 members (excludes halogenated alkanes) is 2. The van der Waals surface area contributed by atoms with E-state index in [0.29, 0.717) is 23.7 Å². The molecule has 0 aliphatic heterocycles. The fourth-order valence-corrected chi connectivity index (χ4v) is 2.50. The Morgan fingerprint density at radius 1 is 1.08 bits per heavy atom. The van der Waals surface area contributed by atoms with Crippen LogP contribution in [-0.4, -0.2) is 31.7 Å². The molecule has 1 aromatic carbocycles. The van der Waals surface area contributed by atoms with Crippen LogP contribution in [0.2, 0.25) is 0 Å². The number of hydrogen-bond donors (Lipinski definition) is 2. The number of pyridine rings is 1. The summed E-state index contributed by atoms with van der Waals surface area (Å²) in [5.41, 5.74) is 2.24. The van der Waals surface area contributed by atoms with Crippen LogP contribution < -0.4 is 20.1 Å². The first kappa shape index (κ1) is 19.6. The number of nitrogens with one attached hydrogen (secondary N) is 2. The van der Waals surface area contributed by atoms with E-state index >= 15 is 0 Å². The quantitative estimate of drug-likeness (QED) is 0.635. The summed E-state index contributed by atoms with van der Waals surface area (Å²) in [4.78, 5) is 16.5. The number of carbonyl (C=O) groups excluding carboxylic acids is 1. The van der Waals surface area contributed by atoms with Crippen LogP contribution in [0.5, 0.6) is 11.5 Å². The number of methoxy groups -OCH3 is 2. The molecule has 0 bridgehead atoms. The van der Waals surface area contributed by atoms with Gasteiger partial charge in [-0.15, -0.1) is 0 Å². The fraction of sp³-hybridized carbons (Fsp3) is 0.400. The minimum atomic E-state index is -0.211. The van der Waals surface area contributed by atoms with E-state index in [0.717, 1.165) is 24.2 Å². The largest absolute Gasteiger partial charge is 0.493 e. The SMILES string of the molecule is CCCCCNc1ccc(C(=O)NCc2ccc(OC)c(OC)c2)nc1. The molecule has 2 N–H and O–H groups in total. The van der Waals surface area contributed by atoms with Gasteiger partial charge in [0.1, 0.15) is 5.69 Å². The molecule has 0 radical (unpaired) electrons. The predicted molar refractivity (Wildman–Crippen MR) is 103 cm³/mol. The van der Waals surface area contributed by atoms with Crippen molar-refractivity contribution in [3.8, 4) is 11.5 Å². The topological polar surface area (TPSA) is 72.5 Å². The maximum Gasteiger partial charge on any atom is 0.270 e. The molecule has 1 aromatic heterocycles. The highest BCUT2D eigenvalue weighted by Crippen LogP contribution is 2.27. The zero-order valence-electron chi connectivity index (χ0n) is 15.7. The number of aromatic nitrogens is 1. The zero-order valence-corrected chi connectivity index (χ0v) is 15.7. The van der Waals surface area contributed by atoms with Crippen LogP contribution in [0, 0.1) is 0 Å². The molecule has 2 aromatic rings. The smallest absolute Gasteiger partial charge is 0.270 e. The number of amides is 1. The van der Waals surface area contributed by atoms with E-state index < -0.39 is 0 Å². The van der Waals surface area contributed by atoms with Gasteiger partial charge in [-0.3, -0.25) is 4.79 Å². The Balaban J connectivity index is 1.87. The van der Waals surface area contributed by atoms with E-state index in [2.05, 4.69) is 22.5 Å². The summed E-state index contributed by atoms with van der Waals surface area (Å²) in [6, 6.07) is 9.15. The second-order valence-corrected chi connectivity index (χ2v) is 5.94. The van der Waals surface area contributed by atoms with Gasteiger partial charge in [-0.05, 0) is 36.2 Å². The number of rotatable bonds is 10. The molecule has 0 fully saturated rings. The van der Waals surface area contributed by atoms with E-state index in [4.69, 9.17) is 9.47 Å². The maximum atomic E-state index is 12.3. The lowest BCUT2D eigenvalue weighted by molar-refractivity contribution is 0.0946. The van der Waals surface area contributed by atoms with Gasteiger partial charge >= 0.3 is 0 Å². The van der Waals surface area contributed by atoms with Gasteiger partial charge in [-0.2, -0.15) is 0 Å². The molecule has 2 rings (SSSR count). The molecular formula is C20H27N3O3. The molecule has 6 heteroatoms. The Morgan fingerprint density at radius 3 is 2.54 bits per heavy atom. The monoisotopic (exact) mass is 357 g/mol. The van der Waals surface area contributed by atoms with Gasteiger partial charge in [0, 0.05) is 13.1 Å². The minimum Gasteiger partial charge on any atom is -0.493 e. The first-order chi connectivity index (χ1) is 12.7. The van der Waals surface area contributed by atoms with Crippen LogP contribution in [0.1, 0.15) is 42.2 Å². The first-order valence-corrected chi connectivity index (χ1v) is 8.87. The third-order valence-corrected chi connectivity index (χ3v) is 4.01. The summed E-state index contributed by atoms with van der Waals surface area (Å²) in [6.45, 7) is 3.48. The normalized spacial score (nSPS) is 10.3. The van der Waals surface area contributed by atoms with Gasteiger partial charge < -0.3 is 20.1 Å². The van der Waals surface area contributed by atoms with Crippen LogP contribution in [-0.2, 0) is 6.54 Å². The summed E-state index contributed by atoms with van der Waals surface area (Å²) in [5, 5.41) is 6.17. The molecule has 1 heterocycles. The third-order valence-electron chi connectivity index (χ3n) is 4.01. The van der Waals surface area contributed by atoms with Crippen LogP contribution in [0.3, 0.4) is 0 Å². The summed E-state index contributed by atoms with van der Waals surface area (Å²) in [5.74, 6) is 1.08. The van der Waals surface area contributed by atoms with Crippen LogP contribution >= 0.6 is 0 Å². The molecule has 26 heavy (non-hydrogen) atoms. The lowest BCUT2D eigenvalue weighted by Gasteiger charge is -2.10. The molecule has 0 unspecified atom stereocenters. The highest BCUT2D eigenvalue weighted by molar-refractivity contribution is 5.92. The van der Waals surface area contributed by atoms with E-state index in [1.807, 2.05) is 24.3 Å². The average Bonchev–Trinajstić information content (AvgIpc) is 2.69. The average molecular weight is 357 g/mol. The second-order valence-electron chi connectivity index (χ2n) is 5.94. The van der Waals surface area contributed by atoms with Crippen LogP contribution in [0.4, 0.5) is 5.69 Å². The van der Waals surface area contributed by atoms with Crippen LogP contribution in [0.25, 0.3) is 0 Å². The number of nitrogens with zero attached hydrogens (tertiary/aromatic N) is 1. The van der Waals surface area contributed by atoms with Crippen molar-refractivity contribution in [3.05, 3.63) is 47.8 Å². The highest BCUT2D eigenvalue weighted by Gasteiger charge is 2.09. The number of ether oxygens (including phenoxy) is 2. The Kier molecular flexibility index (Phi) is 7.74. The lowest BCUT2D eigenvalue weighted by atomic mass is 10.2. The molecular weight excluding hydrogens is 330 g/mol.